The normalized spacial score (nSPS) is 23.6. The van der Waals surface area contributed by atoms with Crippen LogP contribution in [0.1, 0.15) is 39.5 Å². The van der Waals surface area contributed by atoms with Gasteiger partial charge >= 0.3 is 0 Å². The minimum Gasteiger partial charge on any atom is -0.486 e. The van der Waals surface area contributed by atoms with E-state index in [1.165, 1.54) is 18.9 Å². The maximum Gasteiger partial charge on any atom is 0.173 e. The van der Waals surface area contributed by atoms with E-state index < -0.39 is 0 Å². The Labute approximate surface area is 113 Å². The van der Waals surface area contributed by atoms with E-state index in [-0.39, 0.29) is 17.7 Å². The largest absolute Gasteiger partial charge is 0.486 e. The number of para-hydroxylation sites is 1. The summed E-state index contributed by atoms with van der Waals surface area (Å²) in [5, 5.41) is 0.363. The monoisotopic (exact) mass is 270 g/mol. The fourth-order valence-corrected chi connectivity index (χ4v) is 2.99. The highest BCUT2D eigenvalue weighted by Gasteiger charge is 2.27. The summed E-state index contributed by atoms with van der Waals surface area (Å²) in [6.45, 7) is 4.48. The van der Waals surface area contributed by atoms with Crippen molar-refractivity contribution < 1.29 is 9.13 Å². The van der Waals surface area contributed by atoms with Gasteiger partial charge in [0.2, 0.25) is 0 Å². The van der Waals surface area contributed by atoms with E-state index in [0.29, 0.717) is 16.9 Å². The van der Waals surface area contributed by atoms with Crippen LogP contribution in [0.4, 0.5) is 4.39 Å². The SMILES string of the molecule is CC(C)C[C@H]1CC[C@H](Oc2c(F)cccc2Cl)C1. The minimum atomic E-state index is -0.366. The van der Waals surface area contributed by atoms with Crippen LogP contribution in [0.25, 0.3) is 0 Å². The lowest BCUT2D eigenvalue weighted by Crippen LogP contribution is -2.13. The molecule has 0 bridgehead atoms. The molecule has 0 spiro atoms. The zero-order chi connectivity index (χ0) is 13.1. The van der Waals surface area contributed by atoms with Gasteiger partial charge in [-0.05, 0) is 49.7 Å². The van der Waals surface area contributed by atoms with Gasteiger partial charge in [0.15, 0.2) is 11.6 Å². The number of hydrogen-bond donors (Lipinski definition) is 0. The predicted octanol–water partition coefficient (Wildman–Crippen LogP) is 5.07. The van der Waals surface area contributed by atoms with Crippen LogP contribution in [0.3, 0.4) is 0 Å². The third-order valence-corrected chi connectivity index (χ3v) is 3.80. The Balaban J connectivity index is 1.95. The average molecular weight is 271 g/mol. The number of ether oxygens (including phenoxy) is 1. The van der Waals surface area contributed by atoms with E-state index >= 15 is 0 Å². The molecule has 1 saturated carbocycles. The van der Waals surface area contributed by atoms with Crippen LogP contribution in [0.2, 0.25) is 5.02 Å². The van der Waals surface area contributed by atoms with E-state index in [0.717, 1.165) is 12.8 Å². The van der Waals surface area contributed by atoms with Gasteiger partial charge in [-0.2, -0.15) is 0 Å². The summed E-state index contributed by atoms with van der Waals surface area (Å²) in [6, 6.07) is 4.66. The van der Waals surface area contributed by atoms with Crippen molar-refractivity contribution >= 4 is 11.6 Å². The summed E-state index contributed by atoms with van der Waals surface area (Å²) in [6.07, 6.45) is 4.54. The van der Waals surface area contributed by atoms with Crippen molar-refractivity contribution in [2.24, 2.45) is 11.8 Å². The predicted molar refractivity (Wildman–Crippen MR) is 72.6 cm³/mol. The third-order valence-electron chi connectivity index (χ3n) is 3.50. The zero-order valence-corrected chi connectivity index (χ0v) is 11.7. The van der Waals surface area contributed by atoms with Crippen LogP contribution in [0, 0.1) is 17.7 Å². The second-order valence-corrected chi connectivity index (χ2v) is 6.01. The van der Waals surface area contributed by atoms with Crippen LogP contribution in [0.5, 0.6) is 5.75 Å². The molecule has 0 amide bonds. The molecule has 2 atom stereocenters. The van der Waals surface area contributed by atoms with E-state index in [9.17, 15) is 4.39 Å². The Hall–Kier alpha value is -0.760. The molecular weight excluding hydrogens is 251 g/mol. The molecular formula is C15H20ClFO. The van der Waals surface area contributed by atoms with Crippen LogP contribution in [-0.2, 0) is 0 Å². The molecule has 0 heterocycles. The highest BCUT2D eigenvalue weighted by molar-refractivity contribution is 6.32. The Kier molecular flexibility index (Phi) is 4.50. The van der Waals surface area contributed by atoms with Crippen molar-refractivity contribution in [2.45, 2.75) is 45.6 Å². The lowest BCUT2D eigenvalue weighted by Gasteiger charge is -2.16. The fourth-order valence-electron chi connectivity index (χ4n) is 2.78. The van der Waals surface area contributed by atoms with Gasteiger partial charge < -0.3 is 4.74 Å². The first kappa shape index (κ1) is 13.7. The quantitative estimate of drug-likeness (QED) is 0.742. The van der Waals surface area contributed by atoms with Gasteiger partial charge in [-0.25, -0.2) is 4.39 Å². The summed E-state index contributed by atoms with van der Waals surface area (Å²) in [5.41, 5.74) is 0. The smallest absolute Gasteiger partial charge is 0.173 e. The number of rotatable bonds is 4. The molecule has 3 heteroatoms. The van der Waals surface area contributed by atoms with E-state index in [1.807, 2.05) is 0 Å². The number of benzene rings is 1. The fraction of sp³-hybridized carbons (Fsp3) is 0.600. The molecule has 1 nitrogen and oxygen atoms in total. The summed E-state index contributed by atoms with van der Waals surface area (Å²) < 4.78 is 19.3. The van der Waals surface area contributed by atoms with Crippen LogP contribution in [-0.4, -0.2) is 6.10 Å². The second-order valence-electron chi connectivity index (χ2n) is 5.60. The van der Waals surface area contributed by atoms with Gasteiger partial charge in [-0.1, -0.05) is 31.5 Å². The van der Waals surface area contributed by atoms with Gasteiger partial charge in [0.1, 0.15) is 0 Å². The first-order valence-electron chi connectivity index (χ1n) is 6.67. The first-order chi connectivity index (χ1) is 8.56. The molecule has 1 fully saturated rings. The standard InChI is InChI=1S/C15H20ClFO/c1-10(2)8-11-6-7-12(9-11)18-15-13(16)4-3-5-14(15)17/h3-5,10-12H,6-9H2,1-2H3/t11-,12+/m1/s1. The average Bonchev–Trinajstić information content (AvgIpc) is 2.70. The topological polar surface area (TPSA) is 9.23 Å². The van der Waals surface area contributed by atoms with Crippen LogP contribution >= 0.6 is 11.6 Å². The van der Waals surface area contributed by atoms with Crippen molar-refractivity contribution in [3.8, 4) is 5.75 Å². The molecule has 0 unspecified atom stereocenters. The maximum atomic E-state index is 13.6. The summed E-state index contributed by atoms with van der Waals surface area (Å²) in [4.78, 5) is 0. The maximum absolute atomic E-state index is 13.6. The van der Waals surface area contributed by atoms with Crippen molar-refractivity contribution in [2.75, 3.05) is 0 Å². The number of halogens is 2. The summed E-state index contributed by atoms with van der Waals surface area (Å²) >= 11 is 5.96. The Morgan fingerprint density at radius 2 is 2.17 bits per heavy atom. The molecule has 0 aliphatic heterocycles. The molecule has 0 aromatic heterocycles. The summed E-state index contributed by atoms with van der Waals surface area (Å²) in [5.74, 6) is 1.27. The van der Waals surface area contributed by atoms with Gasteiger partial charge in [0.05, 0.1) is 11.1 Å². The highest BCUT2D eigenvalue weighted by atomic mass is 35.5. The lowest BCUT2D eigenvalue weighted by atomic mass is 9.96. The highest BCUT2D eigenvalue weighted by Crippen LogP contribution is 2.36. The lowest BCUT2D eigenvalue weighted by molar-refractivity contribution is 0.193. The molecule has 0 saturated heterocycles. The third kappa shape index (κ3) is 3.38. The minimum absolute atomic E-state index is 0.114. The van der Waals surface area contributed by atoms with E-state index in [2.05, 4.69) is 13.8 Å². The molecule has 0 radical (unpaired) electrons. The molecule has 1 aliphatic rings. The summed E-state index contributed by atoms with van der Waals surface area (Å²) in [7, 11) is 0. The van der Waals surface area contributed by atoms with Gasteiger partial charge in [0.25, 0.3) is 0 Å². The van der Waals surface area contributed by atoms with Gasteiger partial charge in [0, 0.05) is 0 Å². The van der Waals surface area contributed by atoms with Crippen molar-refractivity contribution in [1.29, 1.82) is 0 Å². The first-order valence-corrected chi connectivity index (χ1v) is 7.04. The molecule has 1 aromatic carbocycles. The van der Waals surface area contributed by atoms with E-state index in [1.54, 1.807) is 12.1 Å². The van der Waals surface area contributed by atoms with E-state index in [4.69, 9.17) is 16.3 Å². The van der Waals surface area contributed by atoms with Crippen LogP contribution < -0.4 is 4.74 Å². The molecule has 18 heavy (non-hydrogen) atoms. The Bertz CT molecular complexity index is 385. The Morgan fingerprint density at radius 1 is 1.39 bits per heavy atom. The van der Waals surface area contributed by atoms with Gasteiger partial charge in [-0.15, -0.1) is 0 Å². The molecule has 1 aliphatic carbocycles. The van der Waals surface area contributed by atoms with Crippen molar-refractivity contribution in [3.05, 3.63) is 29.0 Å². The second kappa shape index (κ2) is 5.92. The van der Waals surface area contributed by atoms with Crippen molar-refractivity contribution in [1.82, 2.24) is 0 Å². The Morgan fingerprint density at radius 3 is 2.83 bits per heavy atom. The van der Waals surface area contributed by atoms with Crippen molar-refractivity contribution in [3.63, 3.8) is 0 Å². The van der Waals surface area contributed by atoms with Crippen LogP contribution in [0.15, 0.2) is 18.2 Å². The molecule has 0 N–H and O–H groups in total. The number of hydrogen-bond acceptors (Lipinski definition) is 1. The molecule has 1 aromatic rings. The molecule has 2 rings (SSSR count). The van der Waals surface area contributed by atoms with Gasteiger partial charge in [-0.3, -0.25) is 0 Å². The molecule has 100 valence electrons. The zero-order valence-electron chi connectivity index (χ0n) is 11.0.